The number of para-hydroxylation sites is 1. The highest BCUT2D eigenvalue weighted by molar-refractivity contribution is 7.98. The SMILES string of the molecule is C=CCNC(=O)c1nnn(-c2ccccc2)c1CSc1nc(C)cc(C)n1. The third-order valence-electron chi connectivity index (χ3n) is 3.69. The van der Waals surface area contributed by atoms with E-state index < -0.39 is 0 Å². The van der Waals surface area contributed by atoms with Gasteiger partial charge in [0.2, 0.25) is 0 Å². The van der Waals surface area contributed by atoms with Gasteiger partial charge in [-0.1, -0.05) is 41.3 Å². The summed E-state index contributed by atoms with van der Waals surface area (Å²) in [5.74, 6) is 0.177. The van der Waals surface area contributed by atoms with Gasteiger partial charge in [0.15, 0.2) is 10.9 Å². The van der Waals surface area contributed by atoms with E-state index in [4.69, 9.17) is 0 Å². The molecule has 8 heteroatoms. The second kappa shape index (κ2) is 8.59. The Morgan fingerprint density at radius 3 is 2.59 bits per heavy atom. The monoisotopic (exact) mass is 380 g/mol. The predicted octanol–water partition coefficient (Wildman–Crippen LogP) is 2.88. The maximum absolute atomic E-state index is 12.5. The van der Waals surface area contributed by atoms with Crippen molar-refractivity contribution in [1.82, 2.24) is 30.3 Å². The maximum Gasteiger partial charge on any atom is 0.274 e. The third kappa shape index (κ3) is 4.59. The number of aryl methyl sites for hydroxylation is 2. The van der Waals surface area contributed by atoms with Gasteiger partial charge in [-0.25, -0.2) is 14.6 Å². The van der Waals surface area contributed by atoms with Gasteiger partial charge in [-0.2, -0.15) is 0 Å². The van der Waals surface area contributed by atoms with Crippen LogP contribution < -0.4 is 5.32 Å². The molecule has 27 heavy (non-hydrogen) atoms. The van der Waals surface area contributed by atoms with Gasteiger partial charge in [-0.3, -0.25) is 4.79 Å². The first-order chi connectivity index (χ1) is 13.1. The fourth-order valence-electron chi connectivity index (χ4n) is 2.52. The van der Waals surface area contributed by atoms with Gasteiger partial charge in [-0.05, 0) is 32.0 Å². The minimum atomic E-state index is -0.283. The number of carbonyl (C=O) groups is 1. The number of carbonyl (C=O) groups excluding carboxylic acids is 1. The molecule has 0 bridgehead atoms. The van der Waals surface area contributed by atoms with Crippen molar-refractivity contribution in [2.75, 3.05) is 6.54 Å². The number of rotatable bonds is 7. The van der Waals surface area contributed by atoms with Gasteiger partial charge in [0, 0.05) is 23.7 Å². The van der Waals surface area contributed by atoms with Gasteiger partial charge in [-0.15, -0.1) is 11.7 Å². The van der Waals surface area contributed by atoms with Gasteiger partial charge in [0.1, 0.15) is 0 Å². The summed E-state index contributed by atoms with van der Waals surface area (Å²) in [6.45, 7) is 7.85. The third-order valence-corrected chi connectivity index (χ3v) is 4.54. The second-order valence-electron chi connectivity index (χ2n) is 5.85. The minimum absolute atomic E-state index is 0.283. The molecular weight excluding hydrogens is 360 g/mol. The molecule has 3 aromatic rings. The van der Waals surface area contributed by atoms with Crippen LogP contribution in [0.15, 0.2) is 54.2 Å². The Kier molecular flexibility index (Phi) is 5.97. The standard InChI is InChI=1S/C19H20N6OS/c1-4-10-20-18(26)17-16(12-27-19-21-13(2)11-14(3)22-19)25(24-23-17)15-8-6-5-7-9-15/h4-9,11H,1,10,12H2,2-3H3,(H,20,26). The first-order valence-corrected chi connectivity index (χ1v) is 9.41. The van der Waals surface area contributed by atoms with Crippen LogP contribution in [0.3, 0.4) is 0 Å². The summed E-state index contributed by atoms with van der Waals surface area (Å²) in [4.78, 5) is 21.4. The Hall–Kier alpha value is -3.00. The number of benzene rings is 1. The summed E-state index contributed by atoms with van der Waals surface area (Å²) in [6.07, 6.45) is 1.62. The molecule has 0 saturated carbocycles. The summed E-state index contributed by atoms with van der Waals surface area (Å²) >= 11 is 1.45. The minimum Gasteiger partial charge on any atom is -0.347 e. The van der Waals surface area contributed by atoms with Crippen LogP contribution in [0.1, 0.15) is 27.6 Å². The molecule has 1 amide bonds. The Balaban J connectivity index is 1.93. The summed E-state index contributed by atoms with van der Waals surface area (Å²) in [5.41, 5.74) is 3.63. The summed E-state index contributed by atoms with van der Waals surface area (Å²) in [7, 11) is 0. The van der Waals surface area contributed by atoms with Crippen molar-refractivity contribution in [1.29, 1.82) is 0 Å². The fourth-order valence-corrected chi connectivity index (χ4v) is 3.47. The zero-order chi connectivity index (χ0) is 19.2. The largest absolute Gasteiger partial charge is 0.347 e. The molecule has 0 spiro atoms. The van der Waals surface area contributed by atoms with Crippen LogP contribution in [0.5, 0.6) is 0 Å². The van der Waals surface area contributed by atoms with Crippen LogP contribution >= 0.6 is 11.8 Å². The molecule has 0 aliphatic rings. The van der Waals surface area contributed by atoms with Crippen LogP contribution in [0, 0.1) is 13.8 Å². The average Bonchev–Trinajstić information content (AvgIpc) is 3.08. The molecule has 3 rings (SSSR count). The lowest BCUT2D eigenvalue weighted by molar-refractivity contribution is 0.0952. The van der Waals surface area contributed by atoms with Gasteiger partial charge >= 0.3 is 0 Å². The van der Waals surface area contributed by atoms with Crippen LogP contribution in [0.25, 0.3) is 5.69 Å². The van der Waals surface area contributed by atoms with Crippen LogP contribution in [-0.4, -0.2) is 37.4 Å². The molecule has 0 unspecified atom stereocenters. The lowest BCUT2D eigenvalue weighted by atomic mass is 10.3. The van der Waals surface area contributed by atoms with Crippen molar-refractivity contribution in [3.05, 3.63) is 71.8 Å². The Labute approximate surface area is 161 Å². The maximum atomic E-state index is 12.5. The number of nitrogens with zero attached hydrogens (tertiary/aromatic N) is 5. The number of hydrogen-bond donors (Lipinski definition) is 1. The van der Waals surface area contributed by atoms with Crippen LogP contribution in [0.2, 0.25) is 0 Å². The number of nitrogens with one attached hydrogen (secondary N) is 1. The molecule has 0 aliphatic heterocycles. The lowest BCUT2D eigenvalue weighted by Crippen LogP contribution is -2.25. The quantitative estimate of drug-likeness (QED) is 0.385. The molecule has 0 radical (unpaired) electrons. The van der Waals surface area contributed by atoms with Gasteiger partial charge < -0.3 is 5.32 Å². The van der Waals surface area contributed by atoms with Gasteiger partial charge in [0.25, 0.3) is 5.91 Å². The molecule has 0 atom stereocenters. The zero-order valence-corrected chi connectivity index (χ0v) is 16.0. The van der Waals surface area contributed by atoms with Crippen molar-refractivity contribution in [2.45, 2.75) is 24.8 Å². The lowest BCUT2D eigenvalue weighted by Gasteiger charge is -2.08. The van der Waals surface area contributed by atoms with Crippen molar-refractivity contribution in [3.8, 4) is 5.69 Å². The molecule has 7 nitrogen and oxygen atoms in total. The summed E-state index contributed by atoms with van der Waals surface area (Å²) in [5, 5.41) is 11.7. The van der Waals surface area contributed by atoms with Gasteiger partial charge in [0.05, 0.1) is 11.4 Å². The van der Waals surface area contributed by atoms with E-state index >= 15 is 0 Å². The summed E-state index contributed by atoms with van der Waals surface area (Å²) < 4.78 is 1.68. The molecule has 2 aromatic heterocycles. The van der Waals surface area contributed by atoms with Crippen molar-refractivity contribution in [2.24, 2.45) is 0 Å². The Morgan fingerprint density at radius 2 is 1.93 bits per heavy atom. The van der Waals surface area contributed by atoms with Crippen molar-refractivity contribution < 1.29 is 4.79 Å². The number of aromatic nitrogens is 5. The molecule has 0 saturated heterocycles. The molecule has 0 aliphatic carbocycles. The highest BCUT2D eigenvalue weighted by atomic mass is 32.2. The van der Waals surface area contributed by atoms with Crippen LogP contribution in [-0.2, 0) is 5.75 Å². The zero-order valence-electron chi connectivity index (χ0n) is 15.2. The van der Waals surface area contributed by atoms with E-state index in [-0.39, 0.29) is 11.6 Å². The topological polar surface area (TPSA) is 85.6 Å². The van der Waals surface area contributed by atoms with E-state index in [1.165, 1.54) is 11.8 Å². The average molecular weight is 380 g/mol. The van der Waals surface area contributed by atoms with Crippen molar-refractivity contribution >= 4 is 17.7 Å². The number of hydrogen-bond acceptors (Lipinski definition) is 6. The van der Waals surface area contributed by atoms with Crippen LogP contribution in [0.4, 0.5) is 0 Å². The molecule has 138 valence electrons. The second-order valence-corrected chi connectivity index (χ2v) is 6.80. The van der Waals surface area contributed by atoms with E-state index in [9.17, 15) is 4.79 Å². The number of amides is 1. The summed E-state index contributed by atoms with van der Waals surface area (Å²) in [6, 6.07) is 11.5. The molecule has 0 fully saturated rings. The normalized spacial score (nSPS) is 10.6. The predicted molar refractivity (Wildman–Crippen MR) is 105 cm³/mol. The van der Waals surface area contributed by atoms with Crippen molar-refractivity contribution in [3.63, 3.8) is 0 Å². The Morgan fingerprint density at radius 1 is 1.22 bits per heavy atom. The van der Waals surface area contributed by atoms with E-state index in [0.717, 1.165) is 17.1 Å². The molecule has 1 N–H and O–H groups in total. The van der Waals surface area contributed by atoms with E-state index in [2.05, 4.69) is 32.2 Å². The molecule has 2 heterocycles. The highest BCUT2D eigenvalue weighted by Crippen LogP contribution is 2.23. The highest BCUT2D eigenvalue weighted by Gasteiger charge is 2.21. The van der Waals surface area contributed by atoms with E-state index in [0.29, 0.717) is 23.1 Å². The molecule has 1 aromatic carbocycles. The molecular formula is C19H20N6OS. The smallest absolute Gasteiger partial charge is 0.274 e. The van der Waals surface area contributed by atoms with E-state index in [1.807, 2.05) is 50.2 Å². The number of thioether (sulfide) groups is 1. The van der Waals surface area contributed by atoms with E-state index in [1.54, 1.807) is 10.8 Å². The Bertz CT molecular complexity index is 934. The first-order valence-electron chi connectivity index (χ1n) is 8.42. The first kappa shape index (κ1) is 18.8. The fraction of sp³-hybridized carbons (Fsp3) is 0.211.